The van der Waals surface area contributed by atoms with Crippen molar-refractivity contribution in [2.24, 2.45) is 0 Å². The zero-order chi connectivity index (χ0) is 13.3. The number of nitrogens with zero attached hydrogens (tertiary/aromatic N) is 1. The zero-order valence-corrected chi connectivity index (χ0v) is 13.4. The van der Waals surface area contributed by atoms with E-state index < -0.39 is 10.0 Å². The van der Waals surface area contributed by atoms with Gasteiger partial charge in [0.1, 0.15) is 4.66 Å². The highest BCUT2D eigenvalue weighted by Gasteiger charge is 2.36. The Morgan fingerprint density at radius 1 is 1.28 bits per heavy atom. The summed E-state index contributed by atoms with van der Waals surface area (Å²) in [4.78, 5) is 0. The molecular formula is C11H12BrCl2NO2S. The Hall–Kier alpha value is 0.190. The van der Waals surface area contributed by atoms with Gasteiger partial charge in [0, 0.05) is 12.6 Å². The van der Waals surface area contributed by atoms with Gasteiger partial charge in [0.05, 0.1) is 10.0 Å². The highest BCUT2D eigenvalue weighted by molar-refractivity contribution is 9.10. The Labute approximate surface area is 125 Å². The molecule has 1 aromatic carbocycles. The van der Waals surface area contributed by atoms with Crippen molar-refractivity contribution in [1.29, 1.82) is 0 Å². The second-order valence-electron chi connectivity index (χ2n) is 4.25. The second-order valence-corrected chi connectivity index (χ2v) is 8.28. The van der Waals surface area contributed by atoms with E-state index in [2.05, 4.69) is 15.9 Å². The van der Waals surface area contributed by atoms with Crippen LogP contribution in [0.2, 0.25) is 10.0 Å². The van der Waals surface area contributed by atoms with Gasteiger partial charge >= 0.3 is 0 Å². The monoisotopic (exact) mass is 371 g/mol. The molecule has 0 heterocycles. The molecule has 3 nitrogen and oxygen atoms in total. The molecule has 18 heavy (non-hydrogen) atoms. The van der Waals surface area contributed by atoms with E-state index >= 15 is 0 Å². The van der Waals surface area contributed by atoms with E-state index in [1.807, 2.05) is 0 Å². The largest absolute Gasteiger partial charge is 0.224 e. The topological polar surface area (TPSA) is 37.4 Å². The van der Waals surface area contributed by atoms with Gasteiger partial charge in [-0.1, -0.05) is 45.2 Å². The van der Waals surface area contributed by atoms with E-state index in [9.17, 15) is 8.42 Å². The lowest BCUT2D eigenvalue weighted by Gasteiger charge is -2.20. The van der Waals surface area contributed by atoms with Crippen LogP contribution in [0.25, 0.3) is 0 Å². The van der Waals surface area contributed by atoms with Crippen LogP contribution in [-0.4, -0.2) is 23.4 Å². The third kappa shape index (κ3) is 3.39. The third-order valence-corrected chi connectivity index (χ3v) is 6.66. The van der Waals surface area contributed by atoms with Gasteiger partial charge in [-0.25, -0.2) is 8.42 Å². The zero-order valence-electron chi connectivity index (χ0n) is 9.44. The fourth-order valence-corrected chi connectivity index (χ4v) is 3.94. The first-order valence-corrected chi connectivity index (χ1v) is 8.92. The van der Waals surface area contributed by atoms with Crippen LogP contribution in [-0.2, 0) is 16.6 Å². The lowest BCUT2D eigenvalue weighted by Crippen LogP contribution is -2.33. The van der Waals surface area contributed by atoms with Gasteiger partial charge < -0.3 is 0 Å². The molecule has 0 bridgehead atoms. The first-order chi connectivity index (χ1) is 8.44. The smallest absolute Gasteiger partial charge is 0.211 e. The van der Waals surface area contributed by atoms with Crippen molar-refractivity contribution in [3.05, 3.63) is 33.8 Å². The molecule has 0 unspecified atom stereocenters. The Kier molecular flexibility index (Phi) is 4.60. The second kappa shape index (κ2) is 5.67. The minimum atomic E-state index is -3.24. The number of hydrogen-bond donors (Lipinski definition) is 0. The first-order valence-electron chi connectivity index (χ1n) is 5.43. The number of halogens is 3. The lowest BCUT2D eigenvalue weighted by molar-refractivity contribution is 0.402. The summed E-state index contributed by atoms with van der Waals surface area (Å²) in [6.45, 7) is 0.343. The molecule has 0 N–H and O–H groups in total. The maximum atomic E-state index is 12.0. The quantitative estimate of drug-likeness (QED) is 0.740. The molecule has 7 heteroatoms. The van der Waals surface area contributed by atoms with Gasteiger partial charge in [-0.2, -0.15) is 4.31 Å². The van der Waals surface area contributed by atoms with Crippen LogP contribution in [0.15, 0.2) is 18.2 Å². The van der Waals surface area contributed by atoms with Crippen LogP contribution < -0.4 is 0 Å². The molecule has 2 rings (SSSR count). The predicted octanol–water partition coefficient (Wildman–Crippen LogP) is 3.64. The van der Waals surface area contributed by atoms with E-state index in [0.717, 1.165) is 18.4 Å². The molecule has 0 saturated heterocycles. The highest BCUT2D eigenvalue weighted by atomic mass is 79.9. The van der Waals surface area contributed by atoms with Crippen LogP contribution in [0.5, 0.6) is 0 Å². The molecule has 1 aliphatic rings. The van der Waals surface area contributed by atoms with Crippen LogP contribution in [0.4, 0.5) is 0 Å². The van der Waals surface area contributed by atoms with Crippen LogP contribution in [0.1, 0.15) is 18.4 Å². The summed E-state index contributed by atoms with van der Waals surface area (Å²) in [5.41, 5.74) is 0.848. The summed E-state index contributed by atoms with van der Waals surface area (Å²) in [6.07, 6.45) is 1.85. The van der Waals surface area contributed by atoms with Crippen molar-refractivity contribution in [1.82, 2.24) is 4.31 Å². The Morgan fingerprint density at radius 3 is 2.44 bits per heavy atom. The summed E-state index contributed by atoms with van der Waals surface area (Å²) in [6, 6.07) is 5.32. The van der Waals surface area contributed by atoms with Crippen molar-refractivity contribution < 1.29 is 8.42 Å². The minimum Gasteiger partial charge on any atom is -0.211 e. The average molecular weight is 373 g/mol. The fourth-order valence-electron chi connectivity index (χ4n) is 1.70. The SMILES string of the molecule is O=S(=O)(CBr)N(Cc1ccc(Cl)c(Cl)c1)C1CC1. The summed E-state index contributed by atoms with van der Waals surface area (Å²) >= 11 is 14.8. The maximum Gasteiger partial charge on any atom is 0.224 e. The number of alkyl halides is 1. The summed E-state index contributed by atoms with van der Waals surface area (Å²) < 4.78 is 25.4. The fraction of sp³-hybridized carbons (Fsp3) is 0.455. The summed E-state index contributed by atoms with van der Waals surface area (Å²) in [5, 5.41) is 0.919. The van der Waals surface area contributed by atoms with Gasteiger partial charge in [0.15, 0.2) is 0 Å². The number of benzene rings is 1. The standard InChI is InChI=1S/C11H12BrCl2NO2S/c12-7-18(16,17)15(9-2-3-9)6-8-1-4-10(13)11(14)5-8/h1,4-5,9H,2-3,6-7H2. The maximum absolute atomic E-state index is 12.0. The van der Waals surface area contributed by atoms with Gasteiger partial charge in [-0.15, -0.1) is 0 Å². The highest BCUT2D eigenvalue weighted by Crippen LogP contribution is 2.32. The van der Waals surface area contributed by atoms with Crippen LogP contribution >= 0.6 is 39.1 Å². The molecule has 1 saturated carbocycles. The Morgan fingerprint density at radius 2 is 1.94 bits per heavy atom. The Bertz CT molecular complexity index is 546. The van der Waals surface area contributed by atoms with Crippen LogP contribution in [0.3, 0.4) is 0 Å². The van der Waals surface area contributed by atoms with Crippen LogP contribution in [0, 0.1) is 0 Å². The normalized spacial score (nSPS) is 16.2. The molecule has 0 spiro atoms. The van der Waals surface area contributed by atoms with Gasteiger partial charge in [-0.05, 0) is 30.5 Å². The van der Waals surface area contributed by atoms with Crippen molar-refractivity contribution in [2.45, 2.75) is 25.4 Å². The minimum absolute atomic E-state index is 0.0577. The van der Waals surface area contributed by atoms with E-state index in [0.29, 0.717) is 16.6 Å². The van der Waals surface area contributed by atoms with E-state index in [1.54, 1.807) is 18.2 Å². The van der Waals surface area contributed by atoms with Gasteiger partial charge in [0.25, 0.3) is 0 Å². The first kappa shape index (κ1) is 14.6. The number of hydrogen-bond acceptors (Lipinski definition) is 2. The predicted molar refractivity (Wildman–Crippen MR) is 77.7 cm³/mol. The average Bonchev–Trinajstić information content (AvgIpc) is 3.14. The molecule has 0 atom stereocenters. The van der Waals surface area contributed by atoms with E-state index in [4.69, 9.17) is 23.2 Å². The van der Waals surface area contributed by atoms with Crippen molar-refractivity contribution in [3.63, 3.8) is 0 Å². The molecule has 1 aliphatic carbocycles. The molecule has 0 aliphatic heterocycles. The molecule has 0 amide bonds. The molecule has 1 fully saturated rings. The van der Waals surface area contributed by atoms with Crippen molar-refractivity contribution >= 4 is 49.2 Å². The summed E-state index contributed by atoms with van der Waals surface area (Å²) in [7, 11) is -3.24. The van der Waals surface area contributed by atoms with Gasteiger partial charge in [-0.3, -0.25) is 0 Å². The molecule has 100 valence electrons. The number of sulfonamides is 1. The molecular weight excluding hydrogens is 361 g/mol. The molecule has 0 aromatic heterocycles. The van der Waals surface area contributed by atoms with E-state index in [1.165, 1.54) is 4.31 Å². The molecule has 0 radical (unpaired) electrons. The molecule has 1 aromatic rings. The van der Waals surface area contributed by atoms with Gasteiger partial charge in [0.2, 0.25) is 10.0 Å². The van der Waals surface area contributed by atoms with Crippen molar-refractivity contribution in [2.75, 3.05) is 4.66 Å². The lowest BCUT2D eigenvalue weighted by atomic mass is 10.2. The van der Waals surface area contributed by atoms with E-state index in [-0.39, 0.29) is 10.7 Å². The third-order valence-electron chi connectivity index (χ3n) is 2.77. The number of rotatable bonds is 5. The summed E-state index contributed by atoms with van der Waals surface area (Å²) in [5.74, 6) is 0. The Balaban J connectivity index is 2.21. The van der Waals surface area contributed by atoms with Crippen molar-refractivity contribution in [3.8, 4) is 0 Å².